The second kappa shape index (κ2) is 7.94. The zero-order chi connectivity index (χ0) is 14.2. The highest BCUT2D eigenvalue weighted by Gasteiger charge is 2.05. The van der Waals surface area contributed by atoms with Gasteiger partial charge in [-0.3, -0.25) is 0 Å². The molecule has 0 radical (unpaired) electrons. The SMILES string of the molecule is OCCN(CCO)c1ccc(Sc2ccccc2)cc1. The highest BCUT2D eigenvalue weighted by molar-refractivity contribution is 7.99. The van der Waals surface area contributed by atoms with Crippen LogP contribution in [0.15, 0.2) is 64.4 Å². The van der Waals surface area contributed by atoms with E-state index in [1.807, 2.05) is 35.2 Å². The van der Waals surface area contributed by atoms with Gasteiger partial charge in [-0.1, -0.05) is 30.0 Å². The average molecular weight is 289 g/mol. The molecule has 0 heterocycles. The summed E-state index contributed by atoms with van der Waals surface area (Å²) in [6.45, 7) is 1.23. The fraction of sp³-hybridized carbons (Fsp3) is 0.250. The zero-order valence-corrected chi connectivity index (χ0v) is 12.1. The Morgan fingerprint density at radius 3 is 1.85 bits per heavy atom. The van der Waals surface area contributed by atoms with Gasteiger partial charge >= 0.3 is 0 Å². The Bertz CT molecular complexity index is 496. The molecule has 0 aromatic heterocycles. The minimum Gasteiger partial charge on any atom is -0.395 e. The van der Waals surface area contributed by atoms with E-state index in [1.165, 1.54) is 9.79 Å². The average Bonchev–Trinajstić information content (AvgIpc) is 2.49. The first-order valence-corrected chi connectivity index (χ1v) is 7.45. The summed E-state index contributed by atoms with van der Waals surface area (Å²) in [5, 5.41) is 18.1. The quantitative estimate of drug-likeness (QED) is 0.822. The van der Waals surface area contributed by atoms with Gasteiger partial charge in [0.15, 0.2) is 0 Å². The van der Waals surface area contributed by atoms with Crippen LogP contribution in [0.3, 0.4) is 0 Å². The van der Waals surface area contributed by atoms with E-state index in [0.717, 1.165) is 5.69 Å². The van der Waals surface area contributed by atoms with Crippen LogP contribution in [0.1, 0.15) is 0 Å². The molecule has 4 heteroatoms. The van der Waals surface area contributed by atoms with Crippen molar-refractivity contribution in [2.24, 2.45) is 0 Å². The Hall–Kier alpha value is -1.49. The topological polar surface area (TPSA) is 43.7 Å². The zero-order valence-electron chi connectivity index (χ0n) is 11.3. The van der Waals surface area contributed by atoms with E-state index < -0.39 is 0 Å². The Labute approximate surface area is 123 Å². The molecule has 0 bridgehead atoms. The molecule has 0 aliphatic rings. The lowest BCUT2D eigenvalue weighted by molar-refractivity contribution is 0.281. The maximum Gasteiger partial charge on any atom is 0.0606 e. The van der Waals surface area contributed by atoms with Gasteiger partial charge in [0, 0.05) is 28.6 Å². The van der Waals surface area contributed by atoms with Gasteiger partial charge < -0.3 is 15.1 Å². The molecular formula is C16H19NO2S. The number of nitrogens with zero attached hydrogens (tertiary/aromatic N) is 1. The minimum atomic E-state index is 0.0838. The minimum absolute atomic E-state index is 0.0838. The first-order valence-electron chi connectivity index (χ1n) is 6.63. The molecule has 0 atom stereocenters. The van der Waals surface area contributed by atoms with Crippen molar-refractivity contribution < 1.29 is 10.2 Å². The van der Waals surface area contributed by atoms with Gasteiger partial charge in [-0.05, 0) is 36.4 Å². The van der Waals surface area contributed by atoms with Gasteiger partial charge in [-0.2, -0.15) is 0 Å². The third-order valence-electron chi connectivity index (χ3n) is 2.92. The predicted molar refractivity (Wildman–Crippen MR) is 83.4 cm³/mol. The third kappa shape index (κ3) is 4.27. The van der Waals surface area contributed by atoms with E-state index in [2.05, 4.69) is 24.3 Å². The summed E-state index contributed by atoms with van der Waals surface area (Å²) in [4.78, 5) is 4.35. The van der Waals surface area contributed by atoms with Crippen molar-refractivity contribution in [3.63, 3.8) is 0 Å². The molecule has 0 aliphatic heterocycles. The van der Waals surface area contributed by atoms with Crippen molar-refractivity contribution in [3.05, 3.63) is 54.6 Å². The maximum absolute atomic E-state index is 9.05. The van der Waals surface area contributed by atoms with Crippen LogP contribution in [0.25, 0.3) is 0 Å². The summed E-state index contributed by atoms with van der Waals surface area (Å²) < 4.78 is 0. The van der Waals surface area contributed by atoms with Crippen molar-refractivity contribution in [2.75, 3.05) is 31.2 Å². The molecule has 2 rings (SSSR count). The molecule has 0 unspecified atom stereocenters. The summed E-state index contributed by atoms with van der Waals surface area (Å²) in [6.07, 6.45) is 0. The van der Waals surface area contributed by atoms with Gasteiger partial charge in [-0.25, -0.2) is 0 Å². The molecular weight excluding hydrogens is 270 g/mol. The second-order valence-electron chi connectivity index (χ2n) is 4.34. The van der Waals surface area contributed by atoms with E-state index in [4.69, 9.17) is 10.2 Å². The Morgan fingerprint density at radius 1 is 0.750 bits per heavy atom. The van der Waals surface area contributed by atoms with Crippen molar-refractivity contribution in [1.82, 2.24) is 0 Å². The highest BCUT2D eigenvalue weighted by Crippen LogP contribution is 2.28. The monoisotopic (exact) mass is 289 g/mol. The molecule has 0 fully saturated rings. The summed E-state index contributed by atoms with van der Waals surface area (Å²) >= 11 is 1.72. The molecule has 0 aliphatic carbocycles. The number of hydrogen-bond acceptors (Lipinski definition) is 4. The van der Waals surface area contributed by atoms with Crippen LogP contribution in [-0.2, 0) is 0 Å². The van der Waals surface area contributed by atoms with Gasteiger partial charge in [-0.15, -0.1) is 0 Å². The van der Waals surface area contributed by atoms with Gasteiger partial charge in [0.1, 0.15) is 0 Å². The lowest BCUT2D eigenvalue weighted by Gasteiger charge is -2.23. The van der Waals surface area contributed by atoms with E-state index in [1.54, 1.807) is 11.8 Å². The number of aliphatic hydroxyl groups excluding tert-OH is 2. The molecule has 0 spiro atoms. The number of aliphatic hydroxyl groups is 2. The molecule has 20 heavy (non-hydrogen) atoms. The van der Waals surface area contributed by atoms with Crippen LogP contribution in [0.4, 0.5) is 5.69 Å². The molecule has 2 aromatic carbocycles. The van der Waals surface area contributed by atoms with E-state index >= 15 is 0 Å². The number of rotatable bonds is 7. The molecule has 0 saturated carbocycles. The largest absolute Gasteiger partial charge is 0.395 e. The van der Waals surface area contributed by atoms with Crippen LogP contribution < -0.4 is 4.90 Å². The second-order valence-corrected chi connectivity index (χ2v) is 5.49. The number of hydrogen-bond donors (Lipinski definition) is 2. The summed E-state index contributed by atoms with van der Waals surface area (Å²) in [6, 6.07) is 18.4. The molecule has 2 N–H and O–H groups in total. The van der Waals surface area contributed by atoms with Crippen LogP contribution >= 0.6 is 11.8 Å². The van der Waals surface area contributed by atoms with Crippen molar-refractivity contribution in [2.45, 2.75) is 9.79 Å². The van der Waals surface area contributed by atoms with Crippen LogP contribution in [0.5, 0.6) is 0 Å². The van der Waals surface area contributed by atoms with Crippen LogP contribution in [-0.4, -0.2) is 36.5 Å². The number of benzene rings is 2. The molecule has 106 valence electrons. The van der Waals surface area contributed by atoms with Gasteiger partial charge in [0.05, 0.1) is 13.2 Å². The normalized spacial score (nSPS) is 10.5. The predicted octanol–water partition coefficient (Wildman–Crippen LogP) is 2.63. The van der Waals surface area contributed by atoms with Gasteiger partial charge in [0.2, 0.25) is 0 Å². The smallest absolute Gasteiger partial charge is 0.0606 e. The summed E-state index contributed by atoms with van der Waals surface area (Å²) in [5.41, 5.74) is 1.02. The molecule has 3 nitrogen and oxygen atoms in total. The number of anilines is 1. The fourth-order valence-corrected chi connectivity index (χ4v) is 2.80. The summed E-state index contributed by atoms with van der Waals surface area (Å²) in [7, 11) is 0. The molecule has 0 saturated heterocycles. The van der Waals surface area contributed by atoms with Gasteiger partial charge in [0.25, 0.3) is 0 Å². The van der Waals surface area contributed by atoms with E-state index in [-0.39, 0.29) is 13.2 Å². The standard InChI is InChI=1S/C16H19NO2S/c18-12-10-17(11-13-19)14-6-8-16(9-7-14)20-15-4-2-1-3-5-15/h1-9,18-19H,10-13H2. The Balaban J connectivity index is 2.05. The lowest BCUT2D eigenvalue weighted by atomic mass is 10.3. The van der Waals surface area contributed by atoms with E-state index in [9.17, 15) is 0 Å². The third-order valence-corrected chi connectivity index (χ3v) is 3.94. The van der Waals surface area contributed by atoms with Crippen molar-refractivity contribution in [3.8, 4) is 0 Å². The van der Waals surface area contributed by atoms with E-state index in [0.29, 0.717) is 13.1 Å². The maximum atomic E-state index is 9.05. The van der Waals surface area contributed by atoms with Crippen LogP contribution in [0.2, 0.25) is 0 Å². The van der Waals surface area contributed by atoms with Crippen molar-refractivity contribution >= 4 is 17.4 Å². The fourth-order valence-electron chi connectivity index (χ4n) is 1.96. The Morgan fingerprint density at radius 2 is 1.30 bits per heavy atom. The first-order chi connectivity index (χ1) is 9.83. The first kappa shape index (κ1) is 14.9. The molecule has 0 amide bonds. The Kier molecular flexibility index (Phi) is 5.92. The molecule has 2 aromatic rings. The van der Waals surface area contributed by atoms with Crippen LogP contribution in [0, 0.1) is 0 Å². The lowest BCUT2D eigenvalue weighted by Crippen LogP contribution is -2.29. The summed E-state index contributed by atoms with van der Waals surface area (Å²) in [5.74, 6) is 0. The van der Waals surface area contributed by atoms with Crippen molar-refractivity contribution in [1.29, 1.82) is 0 Å². The highest BCUT2D eigenvalue weighted by atomic mass is 32.2.